The van der Waals surface area contributed by atoms with Crippen LogP contribution in [0.3, 0.4) is 0 Å². The minimum atomic E-state index is 0.775. The first kappa shape index (κ1) is 14.8. The molecular weight excluding hydrogens is 238 g/mol. The zero-order chi connectivity index (χ0) is 14.1. The highest BCUT2D eigenvalue weighted by atomic mass is 16.5. The number of allylic oxidation sites excluding steroid dienone is 4. The third-order valence-corrected chi connectivity index (χ3v) is 2.57. The fourth-order valence-corrected chi connectivity index (χ4v) is 1.51. The maximum Gasteiger partial charge on any atom is 0.162 e. The van der Waals surface area contributed by atoms with E-state index in [0.717, 1.165) is 22.6 Å². The van der Waals surface area contributed by atoms with Gasteiger partial charge in [0, 0.05) is 17.7 Å². The summed E-state index contributed by atoms with van der Waals surface area (Å²) in [6, 6.07) is 5.71. The molecule has 0 aliphatic rings. The Morgan fingerprint density at radius 2 is 2.05 bits per heavy atom. The van der Waals surface area contributed by atoms with Gasteiger partial charge in [0.25, 0.3) is 0 Å². The van der Waals surface area contributed by atoms with Crippen LogP contribution in [0.2, 0.25) is 0 Å². The van der Waals surface area contributed by atoms with Crippen LogP contribution in [0.15, 0.2) is 48.6 Å². The maximum atomic E-state index is 5.34. The van der Waals surface area contributed by atoms with Crippen molar-refractivity contribution in [3.05, 3.63) is 54.1 Å². The third-order valence-electron chi connectivity index (χ3n) is 2.57. The second-order valence-corrected chi connectivity index (χ2v) is 3.77. The molecule has 3 nitrogen and oxygen atoms in total. The van der Waals surface area contributed by atoms with Gasteiger partial charge in [-0.3, -0.25) is 4.99 Å². The number of rotatable bonds is 6. The van der Waals surface area contributed by atoms with Crippen LogP contribution >= 0.6 is 0 Å². The van der Waals surface area contributed by atoms with E-state index in [1.54, 1.807) is 20.3 Å². The third kappa shape index (κ3) is 4.47. The summed E-state index contributed by atoms with van der Waals surface area (Å²) in [5.74, 6) is 1.55. The van der Waals surface area contributed by atoms with Gasteiger partial charge in [0.2, 0.25) is 0 Å². The Morgan fingerprint density at radius 1 is 1.26 bits per heavy atom. The van der Waals surface area contributed by atoms with Crippen LogP contribution in [0.25, 0.3) is 6.08 Å². The number of nitrogens with one attached hydrogen (secondary N) is 1. The number of hydrogen-bond donors (Lipinski definition) is 1. The lowest BCUT2D eigenvalue weighted by molar-refractivity contribution is -0.413. The van der Waals surface area contributed by atoms with Crippen molar-refractivity contribution in [2.75, 3.05) is 21.3 Å². The predicted octanol–water partition coefficient (Wildman–Crippen LogP) is 1.61. The molecular formula is C16H20NO2+. The van der Waals surface area contributed by atoms with Gasteiger partial charge < -0.3 is 9.47 Å². The van der Waals surface area contributed by atoms with Crippen LogP contribution in [0, 0.1) is 0 Å². The van der Waals surface area contributed by atoms with Gasteiger partial charge in [-0.25, -0.2) is 0 Å². The molecule has 0 aliphatic carbocycles. The molecule has 0 atom stereocenters. The van der Waals surface area contributed by atoms with Crippen LogP contribution in [0.1, 0.15) is 5.56 Å². The average Bonchev–Trinajstić information content (AvgIpc) is 2.47. The molecule has 0 saturated heterocycles. The zero-order valence-corrected chi connectivity index (χ0v) is 11.6. The normalized spacial score (nSPS) is 12.1. The molecule has 1 rings (SSSR count). The Bertz CT molecular complexity index is 513. The van der Waals surface area contributed by atoms with E-state index in [1.165, 1.54) is 0 Å². The van der Waals surface area contributed by atoms with Gasteiger partial charge in [-0.2, -0.15) is 0 Å². The minimum Gasteiger partial charge on any atom is -0.497 e. The van der Waals surface area contributed by atoms with Crippen LogP contribution in [0.4, 0.5) is 0 Å². The molecule has 0 aliphatic heterocycles. The van der Waals surface area contributed by atoms with E-state index in [2.05, 4.69) is 11.6 Å². The Kier molecular flexibility index (Phi) is 6.16. The van der Waals surface area contributed by atoms with E-state index in [-0.39, 0.29) is 0 Å². The summed E-state index contributed by atoms with van der Waals surface area (Å²) in [6.45, 7) is 3.78. The molecule has 100 valence electrons. The molecule has 0 spiro atoms. The van der Waals surface area contributed by atoms with Crippen molar-refractivity contribution >= 4 is 12.3 Å². The second kappa shape index (κ2) is 7.93. The highest BCUT2D eigenvalue weighted by Crippen LogP contribution is 2.25. The first-order valence-electron chi connectivity index (χ1n) is 5.98. The molecule has 0 aromatic heterocycles. The summed E-state index contributed by atoms with van der Waals surface area (Å²) in [4.78, 5) is 2.94. The highest BCUT2D eigenvalue weighted by molar-refractivity contribution is 5.71. The van der Waals surface area contributed by atoms with Crippen molar-refractivity contribution in [2.24, 2.45) is 0 Å². The molecule has 0 saturated carbocycles. The lowest BCUT2D eigenvalue weighted by Gasteiger charge is -2.07. The van der Waals surface area contributed by atoms with E-state index in [1.807, 2.05) is 49.7 Å². The van der Waals surface area contributed by atoms with E-state index in [0.29, 0.717) is 0 Å². The predicted molar refractivity (Wildman–Crippen MR) is 79.8 cm³/mol. The molecule has 1 N–H and O–H groups in total. The first-order chi connectivity index (χ1) is 9.24. The van der Waals surface area contributed by atoms with Gasteiger partial charge in [-0.15, -0.1) is 0 Å². The summed E-state index contributed by atoms with van der Waals surface area (Å²) in [5, 5.41) is 0. The van der Waals surface area contributed by atoms with E-state index >= 15 is 0 Å². The molecule has 19 heavy (non-hydrogen) atoms. The molecule has 0 heterocycles. The van der Waals surface area contributed by atoms with Crippen molar-refractivity contribution in [3.8, 4) is 11.5 Å². The van der Waals surface area contributed by atoms with Gasteiger partial charge in [-0.1, -0.05) is 24.8 Å². The Labute approximate surface area is 114 Å². The topological polar surface area (TPSA) is 32.4 Å². The Balaban J connectivity index is 3.00. The van der Waals surface area contributed by atoms with Crippen LogP contribution in [-0.2, 0) is 0 Å². The summed E-state index contributed by atoms with van der Waals surface area (Å²) >= 11 is 0. The molecule has 1 aromatic rings. The van der Waals surface area contributed by atoms with Gasteiger partial charge in [-0.05, 0) is 17.7 Å². The SMILES string of the molecule is C=CC(/C=C/c1ccc(OC)cc1OC)=C\C=[NH+]C. The van der Waals surface area contributed by atoms with Gasteiger partial charge in [0.1, 0.15) is 18.5 Å². The fourth-order valence-electron chi connectivity index (χ4n) is 1.51. The lowest BCUT2D eigenvalue weighted by Crippen LogP contribution is -2.62. The summed E-state index contributed by atoms with van der Waals surface area (Å²) < 4.78 is 10.5. The second-order valence-electron chi connectivity index (χ2n) is 3.77. The Morgan fingerprint density at radius 3 is 2.63 bits per heavy atom. The average molecular weight is 258 g/mol. The summed E-state index contributed by atoms with van der Waals surface area (Å²) in [7, 11) is 5.13. The number of benzene rings is 1. The molecule has 3 heteroatoms. The van der Waals surface area contributed by atoms with Crippen molar-refractivity contribution in [1.82, 2.24) is 0 Å². The fraction of sp³-hybridized carbons (Fsp3) is 0.188. The number of methoxy groups -OCH3 is 2. The lowest BCUT2D eigenvalue weighted by atomic mass is 10.1. The van der Waals surface area contributed by atoms with E-state index in [4.69, 9.17) is 9.47 Å². The first-order valence-corrected chi connectivity index (χ1v) is 5.98. The molecule has 0 unspecified atom stereocenters. The summed E-state index contributed by atoms with van der Waals surface area (Å²) in [5.41, 5.74) is 1.99. The monoisotopic (exact) mass is 258 g/mol. The Hall–Kier alpha value is -2.29. The standard InChI is InChI=1S/C16H19NO2/c1-5-13(10-11-17-2)6-7-14-8-9-15(18-3)12-16(14)19-4/h5-12H,1H2,2-4H3/p+1/b7-6+,13-10+,17-11?. The van der Waals surface area contributed by atoms with Crippen LogP contribution in [0.5, 0.6) is 11.5 Å². The van der Waals surface area contributed by atoms with Crippen molar-refractivity contribution in [2.45, 2.75) is 0 Å². The zero-order valence-electron chi connectivity index (χ0n) is 11.6. The van der Waals surface area contributed by atoms with Crippen LogP contribution in [-0.4, -0.2) is 27.5 Å². The van der Waals surface area contributed by atoms with Crippen molar-refractivity contribution < 1.29 is 14.5 Å². The largest absolute Gasteiger partial charge is 0.497 e. The number of hydrogen-bond acceptors (Lipinski definition) is 2. The molecule has 1 aromatic carbocycles. The van der Waals surface area contributed by atoms with E-state index < -0.39 is 0 Å². The number of ether oxygens (including phenoxy) is 2. The van der Waals surface area contributed by atoms with Gasteiger partial charge >= 0.3 is 0 Å². The van der Waals surface area contributed by atoms with E-state index in [9.17, 15) is 0 Å². The maximum absolute atomic E-state index is 5.34. The minimum absolute atomic E-state index is 0.775. The van der Waals surface area contributed by atoms with Crippen LogP contribution < -0.4 is 14.5 Å². The van der Waals surface area contributed by atoms with Crippen molar-refractivity contribution in [3.63, 3.8) is 0 Å². The van der Waals surface area contributed by atoms with Crippen molar-refractivity contribution in [1.29, 1.82) is 0 Å². The smallest absolute Gasteiger partial charge is 0.162 e. The molecule has 0 radical (unpaired) electrons. The molecule has 0 bridgehead atoms. The quantitative estimate of drug-likeness (QED) is 0.621. The molecule has 0 fully saturated rings. The van der Waals surface area contributed by atoms with Gasteiger partial charge in [0.15, 0.2) is 6.21 Å². The highest BCUT2D eigenvalue weighted by Gasteiger charge is 2.01. The van der Waals surface area contributed by atoms with Gasteiger partial charge in [0.05, 0.1) is 14.2 Å². The molecule has 0 amide bonds. The summed E-state index contributed by atoms with van der Waals surface area (Å²) in [6.07, 6.45) is 9.55.